The quantitative estimate of drug-likeness (QED) is 0.116. The molecule has 210 valence electrons. The van der Waals surface area contributed by atoms with Crippen LogP contribution in [0.15, 0.2) is 90.1 Å². The third kappa shape index (κ3) is 6.76. The molecule has 6 rings (SSSR count). The van der Waals surface area contributed by atoms with Crippen molar-refractivity contribution in [2.24, 2.45) is 0 Å². The molecule has 2 heteroatoms. The van der Waals surface area contributed by atoms with E-state index in [-0.39, 0.29) is 40.7 Å². The molecule has 0 amide bonds. The molecule has 5 aromatic rings. The Balaban J connectivity index is 0.00000161. The van der Waals surface area contributed by atoms with E-state index in [4.69, 9.17) is 0 Å². The average molecular weight is 729 g/mol. The van der Waals surface area contributed by atoms with E-state index in [1.54, 1.807) is 5.20 Å². The van der Waals surface area contributed by atoms with Gasteiger partial charge in [-0.15, -0.1) is 34.2 Å². The molecule has 0 aromatic heterocycles. The van der Waals surface area contributed by atoms with Crippen molar-refractivity contribution in [2.45, 2.75) is 52.9 Å². The first-order valence-corrected chi connectivity index (χ1v) is 15.2. The molecule has 5 aromatic carbocycles. The van der Waals surface area contributed by atoms with Crippen LogP contribution in [0, 0.1) is 49.5 Å². The molecule has 1 atom stereocenters. The first-order chi connectivity index (χ1) is 18.9. The van der Waals surface area contributed by atoms with Gasteiger partial charge >= 0.3 is 25.8 Å². The topological polar surface area (TPSA) is 0 Å². The molecule has 0 spiro atoms. The first kappa shape index (κ1) is 33.8. The van der Waals surface area contributed by atoms with E-state index in [1.807, 2.05) is 0 Å². The molecule has 0 heterocycles. The molecular formula is C40H42HfSi. The minimum absolute atomic E-state index is 0. The van der Waals surface area contributed by atoms with Crippen LogP contribution in [-0.4, -0.2) is 9.52 Å². The van der Waals surface area contributed by atoms with Crippen LogP contribution in [0.4, 0.5) is 0 Å². The fraction of sp³-hybridized carbons (Fsp3) is 0.200. The zero-order valence-corrected chi connectivity index (χ0v) is 30.7. The smallest absolute Gasteiger partial charge is 0.358 e. The Bertz CT molecular complexity index is 1680. The van der Waals surface area contributed by atoms with Gasteiger partial charge in [-0.1, -0.05) is 106 Å². The van der Waals surface area contributed by atoms with Gasteiger partial charge in [0, 0.05) is 5.92 Å². The number of allylic oxidation sites excluding steroid dienone is 1. The van der Waals surface area contributed by atoms with Gasteiger partial charge in [0.15, 0.2) is 0 Å². The fourth-order valence-corrected chi connectivity index (χ4v) is 7.96. The molecule has 0 aliphatic heterocycles. The van der Waals surface area contributed by atoms with E-state index < -0.39 is 0 Å². The van der Waals surface area contributed by atoms with Crippen LogP contribution < -0.4 is 5.19 Å². The molecule has 1 unspecified atom stereocenters. The van der Waals surface area contributed by atoms with Crippen LogP contribution in [0.1, 0.15) is 58.6 Å². The van der Waals surface area contributed by atoms with Crippen molar-refractivity contribution >= 4 is 31.6 Å². The summed E-state index contributed by atoms with van der Waals surface area (Å²) in [6.07, 6.45) is 5.83. The van der Waals surface area contributed by atoms with Crippen LogP contribution in [0.5, 0.6) is 0 Å². The second kappa shape index (κ2) is 14.2. The molecule has 0 fully saturated rings. The number of aryl methyl sites for hydroxylation is 4. The Morgan fingerprint density at radius 1 is 0.738 bits per heavy atom. The minimum Gasteiger partial charge on any atom is -0.358 e. The van der Waals surface area contributed by atoms with Crippen LogP contribution in [0.3, 0.4) is 0 Å². The van der Waals surface area contributed by atoms with E-state index in [0.717, 1.165) is 12.8 Å². The molecule has 0 bridgehead atoms. The number of unbranched alkanes of at least 4 members (excludes halogenated alkanes) is 1. The molecule has 42 heavy (non-hydrogen) atoms. The van der Waals surface area contributed by atoms with E-state index in [2.05, 4.69) is 126 Å². The monoisotopic (exact) mass is 730 g/mol. The zero-order valence-electron chi connectivity index (χ0n) is 26.1. The Labute approximate surface area is 276 Å². The number of benzene rings is 4. The maximum atomic E-state index is 4.16. The summed E-state index contributed by atoms with van der Waals surface area (Å²) in [6, 6.07) is 32.4. The molecule has 0 saturated heterocycles. The standard InChI is InChI=1S/C38H36Si.2CH3.Hf/c1-6-7-11-35-34-14-9-13-33(30-19-26(4)16-27(5)20-30)37(34)23-38(35)39-31-21-28-10-8-12-32(36(28)22-31)29-17-24(2)15-25(3)18-29;;;/h8-10,12-23,35H,1,6-7,11H2,2-5H3;2*1H3;/q-2;2*-1;+4. The van der Waals surface area contributed by atoms with Gasteiger partial charge in [0.1, 0.15) is 0 Å². The number of hydrogen-bond donors (Lipinski definition) is 0. The van der Waals surface area contributed by atoms with Crippen molar-refractivity contribution in [2.75, 3.05) is 0 Å². The average Bonchev–Trinajstić information content (AvgIpc) is 3.46. The van der Waals surface area contributed by atoms with E-state index in [9.17, 15) is 0 Å². The fourth-order valence-electron chi connectivity index (χ4n) is 6.49. The van der Waals surface area contributed by atoms with Gasteiger partial charge in [-0.05, 0) is 61.9 Å². The largest absolute Gasteiger partial charge is 4.00 e. The van der Waals surface area contributed by atoms with Gasteiger partial charge in [-0.25, -0.2) is 0 Å². The Kier molecular flexibility index (Phi) is 11.4. The number of rotatable bonds is 7. The maximum absolute atomic E-state index is 4.16. The Morgan fingerprint density at radius 2 is 1.31 bits per heavy atom. The Hall–Kier alpha value is -2.68. The molecule has 1 aliphatic rings. The van der Waals surface area contributed by atoms with Crippen LogP contribution in [0.2, 0.25) is 0 Å². The van der Waals surface area contributed by atoms with E-state index >= 15 is 0 Å². The minimum atomic E-state index is 0. The van der Waals surface area contributed by atoms with Gasteiger partial charge in [-0.2, -0.15) is 12.5 Å². The van der Waals surface area contributed by atoms with E-state index in [0.29, 0.717) is 15.4 Å². The summed E-state index contributed by atoms with van der Waals surface area (Å²) in [7, 11) is 0.669. The van der Waals surface area contributed by atoms with Crippen molar-refractivity contribution < 1.29 is 25.8 Å². The second-order valence-electron chi connectivity index (χ2n) is 11.4. The van der Waals surface area contributed by atoms with Gasteiger partial charge in [0.25, 0.3) is 0 Å². The van der Waals surface area contributed by atoms with Crippen LogP contribution in [-0.2, 0) is 25.8 Å². The second-order valence-corrected chi connectivity index (χ2v) is 12.8. The molecule has 0 nitrogen and oxygen atoms in total. The summed E-state index contributed by atoms with van der Waals surface area (Å²) in [5.74, 6) is 0.475. The van der Waals surface area contributed by atoms with Crippen molar-refractivity contribution in [3.8, 4) is 22.3 Å². The maximum Gasteiger partial charge on any atom is 4.00 e. The van der Waals surface area contributed by atoms with Crippen molar-refractivity contribution in [3.05, 3.63) is 145 Å². The molecule has 2 radical (unpaired) electrons. The summed E-state index contributed by atoms with van der Waals surface area (Å²) >= 11 is 0. The summed E-state index contributed by atoms with van der Waals surface area (Å²) in [6.45, 7) is 12.9. The van der Waals surface area contributed by atoms with E-state index in [1.165, 1.54) is 78.0 Å². The summed E-state index contributed by atoms with van der Waals surface area (Å²) in [4.78, 5) is 0. The van der Waals surface area contributed by atoms with Gasteiger partial charge in [0.05, 0.1) is 9.52 Å². The van der Waals surface area contributed by atoms with Crippen LogP contribution >= 0.6 is 0 Å². The SMILES string of the molecule is [CH2-]CCCC1C([Si]c2cc3c(-c4cc(C)cc(C)c4)cccc3[cH-]2)=Cc2c(-c3cc(C)cc(C)c3)cccc21.[CH3-].[CH3-].[Hf+4]. The molecule has 1 aliphatic carbocycles. The molecule has 0 saturated carbocycles. The van der Waals surface area contributed by atoms with Crippen molar-refractivity contribution in [1.82, 2.24) is 0 Å². The van der Waals surface area contributed by atoms with Gasteiger partial charge in [0.2, 0.25) is 0 Å². The predicted octanol–water partition coefficient (Wildman–Crippen LogP) is 10.5. The van der Waals surface area contributed by atoms with Gasteiger partial charge in [-0.3, -0.25) is 0 Å². The first-order valence-electron chi connectivity index (χ1n) is 14.2. The normalized spacial score (nSPS) is 13.5. The van der Waals surface area contributed by atoms with Gasteiger partial charge < -0.3 is 21.8 Å². The summed E-state index contributed by atoms with van der Waals surface area (Å²) in [5, 5.41) is 5.72. The molecule has 0 N–H and O–H groups in total. The van der Waals surface area contributed by atoms with Crippen LogP contribution in [0.25, 0.3) is 39.1 Å². The summed E-state index contributed by atoms with van der Waals surface area (Å²) < 4.78 is 0. The van der Waals surface area contributed by atoms with Crippen molar-refractivity contribution in [1.29, 1.82) is 0 Å². The third-order valence-electron chi connectivity index (χ3n) is 8.04. The third-order valence-corrected chi connectivity index (χ3v) is 9.40. The number of fused-ring (bicyclic) bond motifs is 2. The molecular weight excluding hydrogens is 687 g/mol. The zero-order chi connectivity index (χ0) is 27.1. The van der Waals surface area contributed by atoms with Crippen molar-refractivity contribution in [3.63, 3.8) is 0 Å². The predicted molar refractivity (Wildman–Crippen MR) is 184 cm³/mol. The number of hydrogen-bond acceptors (Lipinski definition) is 0. The summed E-state index contributed by atoms with van der Waals surface area (Å²) in [5.41, 5.74) is 13.5. The Morgan fingerprint density at radius 3 is 1.93 bits per heavy atom.